The lowest BCUT2D eigenvalue weighted by Crippen LogP contribution is -2.46. The maximum atomic E-state index is 5.49. The van der Waals surface area contributed by atoms with Gasteiger partial charge < -0.3 is 15.0 Å². The lowest BCUT2D eigenvalue weighted by molar-refractivity contribution is 0.144. The van der Waals surface area contributed by atoms with Crippen LogP contribution in [0.25, 0.3) is 0 Å². The molecule has 3 nitrogen and oxygen atoms in total. The van der Waals surface area contributed by atoms with Gasteiger partial charge in [-0.3, -0.25) is 0 Å². The Labute approximate surface area is 141 Å². The van der Waals surface area contributed by atoms with Crippen molar-refractivity contribution in [2.75, 3.05) is 26.7 Å². The quantitative estimate of drug-likeness (QED) is 0.864. The molecule has 0 spiro atoms. The molecule has 1 N–H and O–H groups in total. The number of nitrogens with zero attached hydrogens (tertiary/aromatic N) is 1. The van der Waals surface area contributed by atoms with Crippen LogP contribution in [0.15, 0.2) is 24.3 Å². The lowest BCUT2D eigenvalue weighted by Gasteiger charge is -2.36. The molecule has 3 rings (SSSR count). The molecule has 0 unspecified atom stereocenters. The van der Waals surface area contributed by atoms with Gasteiger partial charge in [0.15, 0.2) is 0 Å². The van der Waals surface area contributed by atoms with E-state index in [9.17, 15) is 0 Å². The van der Waals surface area contributed by atoms with Gasteiger partial charge in [0.05, 0.1) is 7.11 Å². The number of hydrogen-bond acceptors (Lipinski definition) is 3. The van der Waals surface area contributed by atoms with E-state index >= 15 is 0 Å². The molecule has 1 saturated heterocycles. The zero-order chi connectivity index (χ0) is 16.1. The van der Waals surface area contributed by atoms with Crippen LogP contribution in [0.3, 0.4) is 0 Å². The largest absolute Gasteiger partial charge is 0.496 e. The van der Waals surface area contributed by atoms with Crippen molar-refractivity contribution in [2.45, 2.75) is 63.5 Å². The molecule has 0 amide bonds. The molecule has 23 heavy (non-hydrogen) atoms. The van der Waals surface area contributed by atoms with Crippen LogP contribution in [0.2, 0.25) is 0 Å². The smallest absolute Gasteiger partial charge is 0.122 e. The Morgan fingerprint density at radius 3 is 2.52 bits per heavy atom. The van der Waals surface area contributed by atoms with E-state index < -0.39 is 0 Å². The first-order valence-electron chi connectivity index (χ1n) is 9.38. The number of nitrogens with one attached hydrogen (secondary N) is 1. The minimum atomic E-state index is 0.485. The summed E-state index contributed by atoms with van der Waals surface area (Å²) in [5, 5.41) is 3.80. The average Bonchev–Trinajstić information content (AvgIpc) is 3.14. The van der Waals surface area contributed by atoms with E-state index in [1.807, 2.05) is 6.07 Å². The van der Waals surface area contributed by atoms with E-state index in [0.29, 0.717) is 12.0 Å². The first-order valence-corrected chi connectivity index (χ1v) is 9.38. The highest BCUT2D eigenvalue weighted by Crippen LogP contribution is 2.27. The van der Waals surface area contributed by atoms with Crippen LogP contribution in [-0.4, -0.2) is 43.7 Å². The van der Waals surface area contributed by atoms with Crippen molar-refractivity contribution in [1.29, 1.82) is 0 Å². The molecular weight excluding hydrogens is 284 g/mol. The van der Waals surface area contributed by atoms with Crippen LogP contribution in [0.1, 0.15) is 56.9 Å². The maximum Gasteiger partial charge on any atom is 0.122 e. The number of para-hydroxylation sites is 1. The van der Waals surface area contributed by atoms with E-state index in [4.69, 9.17) is 4.74 Å². The molecule has 1 aromatic rings. The third-order valence-corrected chi connectivity index (χ3v) is 5.75. The SMILES string of the molecule is COc1ccccc1[C@@H](C)CNC1CCN(C2CCCC2)CC1. The van der Waals surface area contributed by atoms with Gasteiger partial charge in [-0.1, -0.05) is 38.0 Å². The van der Waals surface area contributed by atoms with Crippen LogP contribution < -0.4 is 10.1 Å². The number of piperidine rings is 1. The summed E-state index contributed by atoms with van der Waals surface area (Å²) in [7, 11) is 1.76. The van der Waals surface area contributed by atoms with Gasteiger partial charge in [-0.05, 0) is 56.3 Å². The zero-order valence-corrected chi connectivity index (χ0v) is 14.8. The Kier molecular flexibility index (Phi) is 5.96. The predicted molar refractivity (Wildman–Crippen MR) is 96.3 cm³/mol. The Morgan fingerprint density at radius 2 is 1.83 bits per heavy atom. The van der Waals surface area contributed by atoms with Crippen molar-refractivity contribution in [3.8, 4) is 5.75 Å². The van der Waals surface area contributed by atoms with Gasteiger partial charge >= 0.3 is 0 Å². The second-order valence-corrected chi connectivity index (χ2v) is 7.30. The van der Waals surface area contributed by atoms with Crippen LogP contribution in [0.5, 0.6) is 5.75 Å². The Morgan fingerprint density at radius 1 is 1.13 bits per heavy atom. The number of rotatable bonds is 6. The summed E-state index contributed by atoms with van der Waals surface area (Å²) in [6.07, 6.45) is 8.36. The number of methoxy groups -OCH3 is 1. The fourth-order valence-corrected chi connectivity index (χ4v) is 4.27. The molecule has 0 aromatic heterocycles. The molecule has 1 aliphatic carbocycles. The van der Waals surface area contributed by atoms with Crippen molar-refractivity contribution in [3.05, 3.63) is 29.8 Å². The highest BCUT2D eigenvalue weighted by Gasteiger charge is 2.27. The van der Waals surface area contributed by atoms with Crippen LogP contribution in [-0.2, 0) is 0 Å². The first kappa shape index (κ1) is 16.8. The molecule has 1 aromatic carbocycles. The maximum absolute atomic E-state index is 5.49. The molecule has 0 radical (unpaired) electrons. The van der Waals surface area contributed by atoms with Crippen molar-refractivity contribution >= 4 is 0 Å². The van der Waals surface area contributed by atoms with Crippen LogP contribution in [0, 0.1) is 0 Å². The summed E-state index contributed by atoms with van der Waals surface area (Å²) >= 11 is 0. The summed E-state index contributed by atoms with van der Waals surface area (Å²) < 4.78 is 5.49. The molecule has 2 fully saturated rings. The predicted octanol–water partition coefficient (Wildman–Crippen LogP) is 3.80. The molecule has 1 atom stereocenters. The van der Waals surface area contributed by atoms with Crippen molar-refractivity contribution < 1.29 is 4.74 Å². The number of likely N-dealkylation sites (tertiary alicyclic amines) is 1. The second kappa shape index (κ2) is 8.16. The average molecular weight is 316 g/mol. The highest BCUT2D eigenvalue weighted by atomic mass is 16.5. The molecule has 1 aliphatic heterocycles. The van der Waals surface area contributed by atoms with E-state index in [0.717, 1.165) is 18.3 Å². The van der Waals surface area contributed by atoms with E-state index in [1.165, 1.54) is 57.2 Å². The van der Waals surface area contributed by atoms with Gasteiger partial charge in [-0.15, -0.1) is 0 Å². The summed E-state index contributed by atoms with van der Waals surface area (Å²) in [6, 6.07) is 9.98. The molecule has 0 bridgehead atoms. The summed E-state index contributed by atoms with van der Waals surface area (Å²) in [5.74, 6) is 1.50. The van der Waals surface area contributed by atoms with Gasteiger partial charge in [0, 0.05) is 18.6 Å². The first-order chi connectivity index (χ1) is 11.3. The summed E-state index contributed by atoms with van der Waals surface area (Å²) in [4.78, 5) is 2.74. The highest BCUT2D eigenvalue weighted by molar-refractivity contribution is 5.36. The van der Waals surface area contributed by atoms with Crippen molar-refractivity contribution in [3.63, 3.8) is 0 Å². The normalized spacial score (nSPS) is 22.3. The third-order valence-electron chi connectivity index (χ3n) is 5.75. The fourth-order valence-electron chi connectivity index (χ4n) is 4.27. The van der Waals surface area contributed by atoms with Gasteiger partial charge in [-0.25, -0.2) is 0 Å². The number of hydrogen-bond donors (Lipinski definition) is 1. The molecule has 1 saturated carbocycles. The van der Waals surface area contributed by atoms with Crippen molar-refractivity contribution in [2.24, 2.45) is 0 Å². The topological polar surface area (TPSA) is 24.5 Å². The Balaban J connectivity index is 1.44. The molecule has 2 aliphatic rings. The molecular formula is C20H32N2O. The van der Waals surface area contributed by atoms with Gasteiger partial charge in [0.25, 0.3) is 0 Å². The third kappa shape index (κ3) is 4.27. The van der Waals surface area contributed by atoms with E-state index in [1.54, 1.807) is 7.11 Å². The fraction of sp³-hybridized carbons (Fsp3) is 0.700. The van der Waals surface area contributed by atoms with Crippen molar-refractivity contribution in [1.82, 2.24) is 10.2 Å². The van der Waals surface area contributed by atoms with Crippen LogP contribution >= 0.6 is 0 Å². The molecule has 1 heterocycles. The van der Waals surface area contributed by atoms with Gasteiger partial charge in [-0.2, -0.15) is 0 Å². The van der Waals surface area contributed by atoms with E-state index in [-0.39, 0.29) is 0 Å². The number of ether oxygens (including phenoxy) is 1. The summed E-state index contributed by atoms with van der Waals surface area (Å²) in [5.41, 5.74) is 1.31. The zero-order valence-electron chi connectivity index (χ0n) is 14.8. The monoisotopic (exact) mass is 316 g/mol. The standard InChI is InChI=1S/C20H32N2O/c1-16(19-9-5-6-10-20(19)23-2)15-21-17-11-13-22(14-12-17)18-7-3-4-8-18/h5-6,9-10,16-18,21H,3-4,7-8,11-15H2,1-2H3/t16-/m0/s1. The minimum Gasteiger partial charge on any atom is -0.496 e. The van der Waals surface area contributed by atoms with Gasteiger partial charge in [0.1, 0.15) is 5.75 Å². The number of benzene rings is 1. The second-order valence-electron chi connectivity index (χ2n) is 7.30. The Hall–Kier alpha value is -1.06. The lowest BCUT2D eigenvalue weighted by atomic mass is 9.98. The minimum absolute atomic E-state index is 0.485. The van der Waals surface area contributed by atoms with E-state index in [2.05, 4.69) is 35.3 Å². The summed E-state index contributed by atoms with van der Waals surface area (Å²) in [6.45, 7) is 5.89. The molecule has 3 heteroatoms. The Bertz CT molecular complexity index is 476. The van der Waals surface area contributed by atoms with Crippen LogP contribution in [0.4, 0.5) is 0 Å². The molecule has 128 valence electrons. The van der Waals surface area contributed by atoms with Gasteiger partial charge in [0.2, 0.25) is 0 Å².